The molecule has 186 valence electrons. The van der Waals surface area contributed by atoms with Gasteiger partial charge in [-0.3, -0.25) is 4.98 Å². The molecule has 0 radical (unpaired) electrons. The molecular weight excluding hydrogens is 463 g/mol. The Morgan fingerprint density at radius 3 is 2.76 bits per heavy atom. The minimum absolute atomic E-state index is 0.0826. The second-order valence-corrected chi connectivity index (χ2v) is 10.8. The van der Waals surface area contributed by atoms with Crippen LogP contribution in [0.4, 0.5) is 4.39 Å². The highest BCUT2D eigenvalue weighted by Gasteiger charge is 2.51. The number of aliphatic hydroxyl groups excluding tert-OH is 1. The number of hydrogen-bond donors (Lipinski definition) is 1. The summed E-state index contributed by atoms with van der Waals surface area (Å²) in [6, 6.07) is 10.7. The monoisotopic (exact) mass is 492 g/mol. The average Bonchev–Trinajstić information content (AvgIpc) is 3.76. The van der Waals surface area contributed by atoms with Crippen LogP contribution in [0.3, 0.4) is 0 Å². The molecule has 3 aliphatic rings. The summed E-state index contributed by atoms with van der Waals surface area (Å²) in [7, 11) is 0. The number of fused-ring (bicyclic) bond motifs is 3. The van der Waals surface area contributed by atoms with Crippen molar-refractivity contribution in [2.45, 2.75) is 56.8 Å². The standard InChI is InChI=1S/C31H29FN4O/c1-4-7-20-23-13-12-22-27(21-8-5-6-9-24(21)32)35-30(19-14-15-34-25(16-19)18-10-11-18)36-29(22)31(23,2)17-26(33-3)28(20)37/h4-6,8-9,14-16,18,20,23,37H,1,7,10-13,17H2,2H3/t20-,23-,31-/m1/s1. The molecule has 3 aliphatic carbocycles. The van der Waals surface area contributed by atoms with E-state index in [1.54, 1.807) is 18.3 Å². The number of rotatable bonds is 5. The van der Waals surface area contributed by atoms with Gasteiger partial charge in [-0.05, 0) is 68.7 Å². The van der Waals surface area contributed by atoms with E-state index in [1.807, 2.05) is 18.2 Å². The quantitative estimate of drug-likeness (QED) is 0.299. The topological polar surface area (TPSA) is 63.3 Å². The van der Waals surface area contributed by atoms with Gasteiger partial charge in [0.25, 0.3) is 0 Å². The molecule has 3 aromatic rings. The second-order valence-electron chi connectivity index (χ2n) is 10.8. The van der Waals surface area contributed by atoms with E-state index in [4.69, 9.17) is 16.5 Å². The smallest absolute Gasteiger partial charge is 0.203 e. The normalized spacial score (nSPS) is 24.7. The lowest BCUT2D eigenvalue weighted by Crippen LogP contribution is -2.46. The number of allylic oxidation sites excluding steroid dienone is 3. The summed E-state index contributed by atoms with van der Waals surface area (Å²) in [6.45, 7) is 13.8. The Bertz CT molecular complexity index is 1480. The molecule has 1 aromatic carbocycles. The Balaban J connectivity index is 1.59. The first kappa shape index (κ1) is 23.5. The first-order valence-corrected chi connectivity index (χ1v) is 13.0. The van der Waals surface area contributed by atoms with Crippen molar-refractivity contribution in [1.82, 2.24) is 15.0 Å². The molecule has 3 atom stereocenters. The highest BCUT2D eigenvalue weighted by molar-refractivity contribution is 5.70. The molecule has 0 amide bonds. The largest absolute Gasteiger partial charge is 0.523 e. The third kappa shape index (κ3) is 3.85. The van der Waals surface area contributed by atoms with E-state index in [9.17, 15) is 5.11 Å². The summed E-state index contributed by atoms with van der Waals surface area (Å²) >= 11 is 0. The van der Waals surface area contributed by atoms with Gasteiger partial charge in [0, 0.05) is 45.8 Å². The van der Waals surface area contributed by atoms with Gasteiger partial charge in [-0.25, -0.2) is 19.2 Å². The summed E-state index contributed by atoms with van der Waals surface area (Å²) < 4.78 is 15.2. The van der Waals surface area contributed by atoms with Crippen LogP contribution >= 0.6 is 0 Å². The lowest BCUT2D eigenvalue weighted by atomic mass is 9.56. The van der Waals surface area contributed by atoms with Gasteiger partial charge in [-0.2, -0.15) is 0 Å². The number of aromatic nitrogens is 3. The van der Waals surface area contributed by atoms with E-state index >= 15 is 4.39 Å². The van der Waals surface area contributed by atoms with E-state index in [-0.39, 0.29) is 23.4 Å². The fourth-order valence-corrected chi connectivity index (χ4v) is 6.44. The van der Waals surface area contributed by atoms with Crippen molar-refractivity contribution < 1.29 is 9.50 Å². The van der Waals surface area contributed by atoms with Gasteiger partial charge < -0.3 is 5.11 Å². The molecular formula is C31H29FN4O. The van der Waals surface area contributed by atoms with Gasteiger partial charge >= 0.3 is 0 Å². The van der Waals surface area contributed by atoms with E-state index in [0.29, 0.717) is 48.0 Å². The first-order valence-electron chi connectivity index (χ1n) is 13.0. The summed E-state index contributed by atoms with van der Waals surface area (Å²) in [5.74, 6) is 0.796. The van der Waals surface area contributed by atoms with Crippen molar-refractivity contribution in [3.8, 4) is 22.6 Å². The highest BCUT2D eigenvalue weighted by Crippen LogP contribution is 2.55. The SMILES string of the molecule is [C-]#[N+]C1=C(O)[C@H](CC=C)[C@H]2CCc3c(-c4ccccc4F)nc(-c4ccnc(C5CC5)c4)nc3[C@]2(C)C1. The third-order valence-electron chi connectivity index (χ3n) is 8.46. The number of halogens is 1. The molecule has 37 heavy (non-hydrogen) atoms. The highest BCUT2D eigenvalue weighted by atomic mass is 19.1. The number of benzene rings is 1. The van der Waals surface area contributed by atoms with Crippen LogP contribution < -0.4 is 0 Å². The van der Waals surface area contributed by atoms with Gasteiger partial charge in [0.2, 0.25) is 5.70 Å². The van der Waals surface area contributed by atoms with E-state index in [0.717, 1.165) is 41.8 Å². The van der Waals surface area contributed by atoms with Crippen LogP contribution in [-0.2, 0) is 11.8 Å². The molecule has 0 spiro atoms. The summed E-state index contributed by atoms with van der Waals surface area (Å²) in [5, 5.41) is 11.0. The summed E-state index contributed by atoms with van der Waals surface area (Å²) in [4.78, 5) is 18.4. The number of hydrogen-bond acceptors (Lipinski definition) is 4. The van der Waals surface area contributed by atoms with Gasteiger partial charge in [0.1, 0.15) is 5.82 Å². The number of nitrogens with zero attached hydrogens (tertiary/aromatic N) is 4. The van der Waals surface area contributed by atoms with Crippen molar-refractivity contribution in [3.05, 3.63) is 101 Å². The molecule has 1 fully saturated rings. The second kappa shape index (κ2) is 8.92. The number of aliphatic hydroxyl groups is 1. The first-order chi connectivity index (χ1) is 17.9. The van der Waals surface area contributed by atoms with Gasteiger partial charge in [0.15, 0.2) is 5.82 Å². The Hall–Kier alpha value is -3.85. The van der Waals surface area contributed by atoms with Gasteiger partial charge in [-0.15, -0.1) is 6.58 Å². The van der Waals surface area contributed by atoms with E-state index < -0.39 is 5.41 Å². The fourth-order valence-electron chi connectivity index (χ4n) is 6.44. The maximum absolute atomic E-state index is 15.2. The van der Waals surface area contributed by atoms with Crippen LogP contribution in [0.5, 0.6) is 0 Å². The molecule has 0 bridgehead atoms. The van der Waals surface area contributed by atoms with Crippen LogP contribution in [0.15, 0.2) is 66.7 Å². The predicted octanol–water partition coefficient (Wildman–Crippen LogP) is 7.33. The predicted molar refractivity (Wildman–Crippen MR) is 141 cm³/mol. The lowest BCUT2D eigenvalue weighted by Gasteiger charge is -2.49. The Morgan fingerprint density at radius 2 is 2.03 bits per heavy atom. The molecule has 0 saturated heterocycles. The summed E-state index contributed by atoms with van der Waals surface area (Å²) in [5.41, 5.74) is 4.66. The van der Waals surface area contributed by atoms with Crippen LogP contribution in [0, 0.1) is 24.2 Å². The van der Waals surface area contributed by atoms with Gasteiger partial charge in [-0.1, -0.05) is 25.1 Å². The average molecular weight is 493 g/mol. The Morgan fingerprint density at radius 1 is 1.22 bits per heavy atom. The molecule has 0 aliphatic heterocycles. The molecule has 2 aromatic heterocycles. The third-order valence-corrected chi connectivity index (χ3v) is 8.46. The Labute approximate surface area is 216 Å². The zero-order chi connectivity index (χ0) is 25.7. The van der Waals surface area contributed by atoms with Crippen molar-refractivity contribution in [1.29, 1.82) is 0 Å². The molecule has 6 heteroatoms. The van der Waals surface area contributed by atoms with Gasteiger partial charge in [0.05, 0.1) is 23.7 Å². The fraction of sp³-hybridized carbons (Fsp3) is 0.355. The zero-order valence-corrected chi connectivity index (χ0v) is 20.9. The minimum Gasteiger partial charge on any atom is -0.523 e. The maximum atomic E-state index is 15.2. The van der Waals surface area contributed by atoms with Crippen molar-refractivity contribution in [3.63, 3.8) is 0 Å². The molecule has 1 saturated carbocycles. The van der Waals surface area contributed by atoms with Crippen molar-refractivity contribution in [2.75, 3.05) is 0 Å². The van der Waals surface area contributed by atoms with Crippen molar-refractivity contribution in [2.24, 2.45) is 11.8 Å². The van der Waals surface area contributed by atoms with Crippen molar-refractivity contribution >= 4 is 0 Å². The molecule has 0 unspecified atom stereocenters. The van der Waals surface area contributed by atoms with Crippen LogP contribution in [-0.4, -0.2) is 20.1 Å². The van der Waals surface area contributed by atoms with Crippen LogP contribution in [0.25, 0.3) is 27.5 Å². The van der Waals surface area contributed by atoms with Crippen LogP contribution in [0.1, 0.15) is 61.9 Å². The Kier molecular flexibility index (Phi) is 5.67. The van der Waals surface area contributed by atoms with Crippen LogP contribution in [0.2, 0.25) is 0 Å². The maximum Gasteiger partial charge on any atom is 0.203 e. The lowest BCUT2D eigenvalue weighted by molar-refractivity contribution is 0.126. The minimum atomic E-state index is -0.503. The summed E-state index contributed by atoms with van der Waals surface area (Å²) in [6.07, 6.45) is 8.36. The molecule has 6 rings (SSSR count). The zero-order valence-electron chi connectivity index (χ0n) is 20.9. The van der Waals surface area contributed by atoms with E-state index in [1.165, 1.54) is 6.07 Å². The molecule has 5 nitrogen and oxygen atoms in total. The molecule has 1 N–H and O–H groups in total. The molecule has 2 heterocycles. The van der Waals surface area contributed by atoms with E-state index in [2.05, 4.69) is 29.4 Å². The number of pyridine rings is 1.